The summed E-state index contributed by atoms with van der Waals surface area (Å²) in [6, 6.07) is 6.08. The van der Waals surface area contributed by atoms with Crippen LogP contribution in [-0.2, 0) is 9.53 Å². The number of hydrazone groups is 1. The number of carbonyl (C=O) groups is 2. The van der Waals surface area contributed by atoms with E-state index in [0.29, 0.717) is 12.0 Å². The molecule has 4 N–H and O–H groups in total. The molecule has 0 heterocycles. The van der Waals surface area contributed by atoms with Gasteiger partial charge in [0.2, 0.25) is 0 Å². The first-order chi connectivity index (χ1) is 11.8. The Balaban J connectivity index is 2.57. The highest BCUT2D eigenvalue weighted by atomic mass is 16.7. The molecule has 0 unspecified atom stereocenters. The number of hydrogen-bond acceptors (Lipinski definition) is 5. The number of guanidine groups is 1. The number of ether oxygens (including phenoxy) is 1. The lowest BCUT2D eigenvalue weighted by atomic mass is 10.1. The molecule has 0 aliphatic rings. The summed E-state index contributed by atoms with van der Waals surface area (Å²) in [7, 11) is 1.23. The van der Waals surface area contributed by atoms with Crippen LogP contribution in [0.4, 0.5) is 0 Å². The second kappa shape index (κ2) is 9.85. The number of amides is 1. The zero-order valence-electron chi connectivity index (χ0n) is 14.0. The van der Waals surface area contributed by atoms with Crippen LogP contribution >= 0.6 is 0 Å². The number of nitro groups is 1. The summed E-state index contributed by atoms with van der Waals surface area (Å²) in [5.74, 6) is -1.30. The molecule has 0 fully saturated rings. The molecule has 25 heavy (non-hydrogen) atoms. The smallest absolute Gasteiger partial charge is 0.328 e. The Morgan fingerprint density at radius 2 is 2.00 bits per heavy atom. The monoisotopic (exact) mass is 351 g/mol. The normalized spacial score (nSPS) is 12.2. The van der Waals surface area contributed by atoms with Crippen molar-refractivity contribution in [3.63, 3.8) is 0 Å². The molecule has 136 valence electrons. The van der Waals surface area contributed by atoms with E-state index in [1.165, 1.54) is 7.11 Å². The van der Waals surface area contributed by atoms with Crippen LogP contribution in [0.3, 0.4) is 0 Å². The third-order valence-electron chi connectivity index (χ3n) is 3.27. The number of methoxy groups -OCH3 is 1. The van der Waals surface area contributed by atoms with E-state index in [9.17, 15) is 19.7 Å². The van der Waals surface area contributed by atoms with Crippen molar-refractivity contribution in [2.24, 2.45) is 10.8 Å². The van der Waals surface area contributed by atoms with E-state index >= 15 is 0 Å². The van der Waals surface area contributed by atoms with E-state index in [-0.39, 0.29) is 18.9 Å². The van der Waals surface area contributed by atoms with E-state index in [1.807, 2.05) is 6.92 Å². The predicted molar refractivity (Wildman–Crippen MR) is 90.3 cm³/mol. The number of rotatable bonds is 8. The molecule has 0 radical (unpaired) electrons. The SMILES string of the molecule is COC(=O)[C@@H](CCCN/C(N)=N\[N+](=O)[O-])NC(=O)c1ccc(C)cc1. The average molecular weight is 351 g/mol. The van der Waals surface area contributed by atoms with Crippen LogP contribution in [0.1, 0.15) is 28.8 Å². The Morgan fingerprint density at radius 3 is 2.56 bits per heavy atom. The summed E-state index contributed by atoms with van der Waals surface area (Å²) in [5.41, 5.74) is 6.73. The molecule has 1 aromatic carbocycles. The van der Waals surface area contributed by atoms with E-state index in [4.69, 9.17) is 5.73 Å². The fourth-order valence-corrected chi connectivity index (χ4v) is 1.98. The first-order valence-corrected chi connectivity index (χ1v) is 7.51. The predicted octanol–water partition coefficient (Wildman–Crippen LogP) is 0.143. The van der Waals surface area contributed by atoms with Crippen LogP contribution in [0.5, 0.6) is 0 Å². The zero-order chi connectivity index (χ0) is 18.8. The van der Waals surface area contributed by atoms with Gasteiger partial charge in [0.1, 0.15) is 11.1 Å². The highest BCUT2D eigenvalue weighted by molar-refractivity contribution is 5.96. The Kier molecular flexibility index (Phi) is 7.83. The summed E-state index contributed by atoms with van der Waals surface area (Å²) >= 11 is 0. The molecule has 0 aliphatic carbocycles. The molecule has 0 aliphatic heterocycles. The third-order valence-corrected chi connectivity index (χ3v) is 3.27. The Labute approximate surface area is 144 Å². The summed E-state index contributed by atoms with van der Waals surface area (Å²) in [6.07, 6.45) is 0.672. The number of benzene rings is 1. The molecule has 0 aromatic heterocycles. The molecule has 0 bridgehead atoms. The van der Waals surface area contributed by atoms with Crippen molar-refractivity contribution in [1.29, 1.82) is 0 Å². The molecule has 10 nitrogen and oxygen atoms in total. The van der Waals surface area contributed by atoms with Crippen molar-refractivity contribution in [2.45, 2.75) is 25.8 Å². The van der Waals surface area contributed by atoms with E-state index in [1.54, 1.807) is 24.3 Å². The van der Waals surface area contributed by atoms with E-state index in [0.717, 1.165) is 5.56 Å². The van der Waals surface area contributed by atoms with Gasteiger partial charge in [-0.3, -0.25) is 4.79 Å². The molecule has 0 spiro atoms. The second-order valence-corrected chi connectivity index (χ2v) is 5.21. The summed E-state index contributed by atoms with van der Waals surface area (Å²) in [4.78, 5) is 34.2. The van der Waals surface area contributed by atoms with Crippen molar-refractivity contribution in [3.05, 3.63) is 45.5 Å². The first-order valence-electron chi connectivity index (χ1n) is 7.51. The zero-order valence-corrected chi connectivity index (χ0v) is 14.0. The third kappa shape index (κ3) is 7.29. The molecular weight excluding hydrogens is 330 g/mol. The number of esters is 1. The van der Waals surface area contributed by atoms with Crippen LogP contribution < -0.4 is 16.4 Å². The maximum Gasteiger partial charge on any atom is 0.328 e. The van der Waals surface area contributed by atoms with Gasteiger partial charge < -0.3 is 21.1 Å². The topological polar surface area (TPSA) is 149 Å². The minimum Gasteiger partial charge on any atom is -0.467 e. The van der Waals surface area contributed by atoms with Crippen LogP contribution in [-0.4, -0.2) is 42.6 Å². The number of carbonyl (C=O) groups excluding carboxylic acids is 2. The van der Waals surface area contributed by atoms with Gasteiger partial charge in [-0.1, -0.05) is 17.7 Å². The van der Waals surface area contributed by atoms with Crippen molar-refractivity contribution >= 4 is 17.8 Å². The molecule has 10 heteroatoms. The van der Waals surface area contributed by atoms with E-state index in [2.05, 4.69) is 20.5 Å². The van der Waals surface area contributed by atoms with Crippen molar-refractivity contribution in [1.82, 2.24) is 10.6 Å². The van der Waals surface area contributed by atoms with Gasteiger partial charge in [0.05, 0.1) is 7.11 Å². The van der Waals surface area contributed by atoms with Gasteiger partial charge in [0.25, 0.3) is 11.9 Å². The lowest BCUT2D eigenvalue weighted by molar-refractivity contribution is -0.485. The molecule has 1 atom stereocenters. The van der Waals surface area contributed by atoms with Gasteiger partial charge in [0.15, 0.2) is 5.03 Å². The van der Waals surface area contributed by atoms with Crippen LogP contribution in [0, 0.1) is 17.0 Å². The van der Waals surface area contributed by atoms with Gasteiger partial charge in [0, 0.05) is 12.1 Å². The van der Waals surface area contributed by atoms with Gasteiger partial charge in [-0.15, -0.1) is 0 Å². The highest BCUT2D eigenvalue weighted by Crippen LogP contribution is 2.06. The molecule has 0 saturated heterocycles. The fourth-order valence-electron chi connectivity index (χ4n) is 1.98. The molecule has 1 aromatic rings. The average Bonchev–Trinajstić information content (AvgIpc) is 2.56. The molecule has 1 amide bonds. The number of hydrogen-bond donors (Lipinski definition) is 3. The Morgan fingerprint density at radius 1 is 1.36 bits per heavy atom. The maximum atomic E-state index is 12.2. The quantitative estimate of drug-likeness (QED) is 0.151. The number of aryl methyl sites for hydroxylation is 1. The summed E-state index contributed by atoms with van der Waals surface area (Å²) in [6.45, 7) is 2.15. The first kappa shape index (κ1) is 19.9. The van der Waals surface area contributed by atoms with Gasteiger partial charge in [-0.05, 0) is 31.9 Å². The Hall–Kier alpha value is -3.17. The van der Waals surface area contributed by atoms with Crippen LogP contribution in [0.2, 0.25) is 0 Å². The largest absolute Gasteiger partial charge is 0.467 e. The summed E-state index contributed by atoms with van der Waals surface area (Å²) < 4.78 is 4.69. The number of nitrogens with one attached hydrogen (secondary N) is 2. The number of nitrogens with two attached hydrogens (primary N) is 1. The summed E-state index contributed by atoms with van der Waals surface area (Å²) in [5, 5.41) is 17.3. The molecular formula is C15H21N5O5. The minimum atomic E-state index is -0.915. The van der Waals surface area contributed by atoms with Gasteiger partial charge in [-0.2, -0.15) is 0 Å². The molecule has 0 saturated carbocycles. The van der Waals surface area contributed by atoms with Crippen LogP contribution in [0.15, 0.2) is 29.4 Å². The van der Waals surface area contributed by atoms with Crippen molar-refractivity contribution in [3.8, 4) is 0 Å². The standard InChI is InChI=1S/C15H21N5O5/c1-10-5-7-11(8-6-10)13(21)18-12(14(22)25-2)4-3-9-17-15(16)19-20(23)24/h5-8,12H,3-4,9H2,1-2H3,(H,18,21)(H3,16,17,19)/t12-/m1/s1. The maximum absolute atomic E-state index is 12.2. The van der Waals surface area contributed by atoms with Gasteiger partial charge in [-0.25, -0.2) is 14.9 Å². The van der Waals surface area contributed by atoms with Gasteiger partial charge >= 0.3 is 5.97 Å². The van der Waals surface area contributed by atoms with Crippen LogP contribution in [0.25, 0.3) is 0 Å². The number of nitrogens with zero attached hydrogens (tertiary/aromatic N) is 2. The minimum absolute atomic E-state index is 0.247. The second-order valence-electron chi connectivity index (χ2n) is 5.21. The van der Waals surface area contributed by atoms with E-state index < -0.39 is 23.0 Å². The lowest BCUT2D eigenvalue weighted by Gasteiger charge is -2.16. The van der Waals surface area contributed by atoms with Crippen molar-refractivity contribution < 1.29 is 19.4 Å². The Bertz CT molecular complexity index is 644. The van der Waals surface area contributed by atoms with Crippen molar-refractivity contribution in [2.75, 3.05) is 13.7 Å². The lowest BCUT2D eigenvalue weighted by Crippen LogP contribution is -2.42. The molecule has 1 rings (SSSR count). The fraction of sp³-hybridized carbons (Fsp3) is 0.400. The highest BCUT2D eigenvalue weighted by Gasteiger charge is 2.21.